The lowest BCUT2D eigenvalue weighted by Crippen LogP contribution is -2.04. The van der Waals surface area contributed by atoms with Crippen LogP contribution in [0.4, 0.5) is 15.8 Å². The summed E-state index contributed by atoms with van der Waals surface area (Å²) in [6, 6.07) is 9.50. The molecule has 20 heavy (non-hydrogen) atoms. The van der Waals surface area contributed by atoms with E-state index in [1.54, 1.807) is 24.3 Å². The average molecular weight is 339 g/mol. The number of hydrogen-bond acceptors (Lipinski definition) is 3. The van der Waals surface area contributed by atoms with E-state index in [9.17, 15) is 14.5 Å². The topological polar surface area (TPSA) is 55.2 Å². The number of anilines is 1. The Bertz CT molecular complexity index is 662. The van der Waals surface area contributed by atoms with Crippen LogP contribution in [0.15, 0.2) is 40.9 Å². The highest BCUT2D eigenvalue weighted by Gasteiger charge is 2.14. The Balaban J connectivity index is 2.23. The van der Waals surface area contributed by atoms with E-state index in [0.29, 0.717) is 15.7 Å². The van der Waals surface area contributed by atoms with Gasteiger partial charge in [0.25, 0.3) is 5.69 Å². The van der Waals surface area contributed by atoms with Gasteiger partial charge in [0.15, 0.2) is 0 Å². The first-order chi connectivity index (χ1) is 9.47. The SMILES string of the molecule is Cc1ccc(F)c(NCc2ccc(Br)cc2[N+](=O)[O-])c1. The molecule has 0 bridgehead atoms. The second-order valence-electron chi connectivity index (χ2n) is 4.37. The highest BCUT2D eigenvalue weighted by atomic mass is 79.9. The van der Waals surface area contributed by atoms with Crippen molar-refractivity contribution in [2.24, 2.45) is 0 Å². The molecule has 104 valence electrons. The van der Waals surface area contributed by atoms with Gasteiger partial charge in [0.05, 0.1) is 10.6 Å². The standard InChI is InChI=1S/C14H12BrFN2O2/c1-9-2-5-12(16)13(6-9)17-8-10-3-4-11(15)7-14(10)18(19)20/h2-7,17H,8H2,1H3. The van der Waals surface area contributed by atoms with Gasteiger partial charge in [-0.3, -0.25) is 10.1 Å². The zero-order valence-electron chi connectivity index (χ0n) is 10.7. The number of hydrogen-bond donors (Lipinski definition) is 1. The van der Waals surface area contributed by atoms with E-state index in [-0.39, 0.29) is 18.0 Å². The Morgan fingerprint density at radius 1 is 1.30 bits per heavy atom. The fraction of sp³-hybridized carbons (Fsp3) is 0.143. The van der Waals surface area contributed by atoms with E-state index < -0.39 is 4.92 Å². The lowest BCUT2D eigenvalue weighted by molar-refractivity contribution is -0.385. The summed E-state index contributed by atoms with van der Waals surface area (Å²) in [6.45, 7) is 2.04. The number of rotatable bonds is 4. The van der Waals surface area contributed by atoms with Crippen molar-refractivity contribution in [3.05, 3.63) is 67.9 Å². The van der Waals surface area contributed by atoms with Gasteiger partial charge in [0.2, 0.25) is 0 Å². The van der Waals surface area contributed by atoms with E-state index in [0.717, 1.165) is 5.56 Å². The third-order valence-electron chi connectivity index (χ3n) is 2.84. The minimum absolute atomic E-state index is 0.0000591. The molecular formula is C14H12BrFN2O2. The minimum Gasteiger partial charge on any atom is -0.378 e. The van der Waals surface area contributed by atoms with E-state index >= 15 is 0 Å². The molecule has 4 nitrogen and oxygen atoms in total. The number of nitrogens with zero attached hydrogens (tertiary/aromatic N) is 1. The molecule has 1 N–H and O–H groups in total. The van der Waals surface area contributed by atoms with Gasteiger partial charge in [-0.2, -0.15) is 0 Å². The zero-order chi connectivity index (χ0) is 14.7. The average Bonchev–Trinajstić information content (AvgIpc) is 2.40. The van der Waals surface area contributed by atoms with Gasteiger partial charge in [-0.05, 0) is 36.8 Å². The molecule has 0 amide bonds. The molecule has 2 aromatic rings. The summed E-state index contributed by atoms with van der Waals surface area (Å²) in [5.41, 5.74) is 1.75. The molecule has 0 radical (unpaired) electrons. The second kappa shape index (κ2) is 6.00. The lowest BCUT2D eigenvalue weighted by atomic mass is 10.1. The lowest BCUT2D eigenvalue weighted by Gasteiger charge is -2.09. The first-order valence-electron chi connectivity index (χ1n) is 5.90. The maximum atomic E-state index is 13.6. The van der Waals surface area contributed by atoms with E-state index in [4.69, 9.17) is 0 Å². The van der Waals surface area contributed by atoms with E-state index in [2.05, 4.69) is 21.2 Å². The molecular weight excluding hydrogens is 327 g/mol. The van der Waals surface area contributed by atoms with Crippen LogP contribution in [-0.4, -0.2) is 4.92 Å². The van der Waals surface area contributed by atoms with Crippen molar-refractivity contribution in [2.75, 3.05) is 5.32 Å². The molecule has 0 heterocycles. The molecule has 0 aliphatic carbocycles. The molecule has 0 fully saturated rings. The van der Waals surface area contributed by atoms with Crippen LogP contribution in [0.1, 0.15) is 11.1 Å². The number of benzene rings is 2. The zero-order valence-corrected chi connectivity index (χ0v) is 12.3. The fourth-order valence-electron chi connectivity index (χ4n) is 1.82. The summed E-state index contributed by atoms with van der Waals surface area (Å²) in [5.74, 6) is -0.379. The quantitative estimate of drug-likeness (QED) is 0.663. The molecule has 0 aromatic heterocycles. The summed E-state index contributed by atoms with van der Waals surface area (Å²) < 4.78 is 14.2. The van der Waals surface area contributed by atoms with Crippen LogP contribution < -0.4 is 5.32 Å². The second-order valence-corrected chi connectivity index (χ2v) is 5.28. The van der Waals surface area contributed by atoms with E-state index in [1.165, 1.54) is 12.1 Å². The third-order valence-corrected chi connectivity index (χ3v) is 3.33. The van der Waals surface area contributed by atoms with Gasteiger partial charge in [0.1, 0.15) is 5.82 Å². The number of nitrogens with one attached hydrogen (secondary N) is 1. The van der Waals surface area contributed by atoms with Crippen molar-refractivity contribution >= 4 is 27.3 Å². The van der Waals surface area contributed by atoms with Crippen molar-refractivity contribution in [1.82, 2.24) is 0 Å². The van der Waals surface area contributed by atoms with Crippen LogP contribution in [0.2, 0.25) is 0 Å². The molecule has 0 saturated heterocycles. The number of nitro benzene ring substituents is 1. The highest BCUT2D eigenvalue weighted by Crippen LogP contribution is 2.25. The van der Waals surface area contributed by atoms with Crippen LogP contribution in [0, 0.1) is 22.9 Å². The fourth-order valence-corrected chi connectivity index (χ4v) is 2.17. The van der Waals surface area contributed by atoms with E-state index in [1.807, 2.05) is 6.92 Å². The summed E-state index contributed by atoms with van der Waals surface area (Å²) >= 11 is 3.20. The predicted molar refractivity (Wildman–Crippen MR) is 79.3 cm³/mol. The van der Waals surface area contributed by atoms with Crippen LogP contribution >= 0.6 is 15.9 Å². The Hall–Kier alpha value is -1.95. The smallest absolute Gasteiger partial charge is 0.275 e. The first-order valence-corrected chi connectivity index (χ1v) is 6.69. The Morgan fingerprint density at radius 2 is 2.05 bits per heavy atom. The predicted octanol–water partition coefficient (Wildman–Crippen LogP) is 4.42. The first kappa shape index (κ1) is 14.5. The normalized spacial score (nSPS) is 10.3. The van der Waals surface area contributed by atoms with Crippen LogP contribution in [-0.2, 0) is 6.54 Å². The highest BCUT2D eigenvalue weighted by molar-refractivity contribution is 9.10. The Kier molecular flexibility index (Phi) is 4.34. The van der Waals surface area contributed by atoms with Crippen molar-refractivity contribution in [3.63, 3.8) is 0 Å². The Labute approximate surface area is 123 Å². The largest absolute Gasteiger partial charge is 0.378 e. The molecule has 0 spiro atoms. The van der Waals surface area contributed by atoms with Gasteiger partial charge >= 0.3 is 0 Å². The number of nitro groups is 1. The summed E-state index contributed by atoms with van der Waals surface area (Å²) in [4.78, 5) is 10.5. The Morgan fingerprint density at radius 3 is 2.75 bits per heavy atom. The number of aryl methyl sites for hydroxylation is 1. The molecule has 6 heteroatoms. The number of halogens is 2. The molecule has 0 aliphatic heterocycles. The summed E-state index contributed by atoms with van der Waals surface area (Å²) in [5, 5.41) is 13.9. The van der Waals surface area contributed by atoms with Gasteiger partial charge in [0, 0.05) is 22.6 Å². The van der Waals surface area contributed by atoms with Gasteiger partial charge < -0.3 is 5.32 Å². The van der Waals surface area contributed by atoms with Gasteiger partial charge in [-0.1, -0.05) is 22.0 Å². The van der Waals surface area contributed by atoms with Crippen LogP contribution in [0.5, 0.6) is 0 Å². The molecule has 0 saturated carbocycles. The summed E-state index contributed by atoms with van der Waals surface area (Å²) in [7, 11) is 0. The monoisotopic (exact) mass is 338 g/mol. The molecule has 2 rings (SSSR count). The molecule has 0 unspecified atom stereocenters. The minimum atomic E-state index is -0.450. The third kappa shape index (κ3) is 3.33. The summed E-state index contributed by atoms with van der Waals surface area (Å²) in [6.07, 6.45) is 0. The van der Waals surface area contributed by atoms with Crippen molar-refractivity contribution in [2.45, 2.75) is 13.5 Å². The van der Waals surface area contributed by atoms with Crippen molar-refractivity contribution in [3.8, 4) is 0 Å². The van der Waals surface area contributed by atoms with Gasteiger partial charge in [-0.15, -0.1) is 0 Å². The van der Waals surface area contributed by atoms with Crippen molar-refractivity contribution < 1.29 is 9.31 Å². The van der Waals surface area contributed by atoms with Gasteiger partial charge in [-0.25, -0.2) is 4.39 Å². The molecule has 0 atom stereocenters. The van der Waals surface area contributed by atoms with Crippen LogP contribution in [0.3, 0.4) is 0 Å². The molecule has 2 aromatic carbocycles. The van der Waals surface area contributed by atoms with Crippen molar-refractivity contribution in [1.29, 1.82) is 0 Å². The molecule has 0 aliphatic rings. The maximum Gasteiger partial charge on any atom is 0.275 e. The van der Waals surface area contributed by atoms with Crippen LogP contribution in [0.25, 0.3) is 0 Å². The maximum absolute atomic E-state index is 13.6.